The van der Waals surface area contributed by atoms with Gasteiger partial charge in [0.15, 0.2) is 0 Å². The van der Waals surface area contributed by atoms with Gasteiger partial charge in [0.05, 0.1) is 5.75 Å². The average molecular weight is 240 g/mol. The molecule has 0 aliphatic heterocycles. The monoisotopic (exact) mass is 240 g/mol. The molecule has 0 saturated carbocycles. The number of amides is 1. The Morgan fingerprint density at radius 3 is 3.00 bits per heavy atom. The van der Waals surface area contributed by atoms with Crippen LogP contribution in [0.1, 0.15) is 0 Å². The smallest absolute Gasteiger partial charge is 0.230 e. The van der Waals surface area contributed by atoms with Gasteiger partial charge in [-0.1, -0.05) is 6.08 Å². The molecule has 0 aliphatic rings. The largest absolute Gasteiger partial charge is 0.399 e. The Morgan fingerprint density at radius 2 is 2.38 bits per heavy atom. The van der Waals surface area contributed by atoms with E-state index < -0.39 is 5.82 Å². The first-order valence-corrected chi connectivity index (χ1v) is 5.67. The molecular formula is C11H13FN2OS. The molecule has 3 N–H and O–H groups in total. The van der Waals surface area contributed by atoms with Crippen LogP contribution in [0.5, 0.6) is 0 Å². The number of halogens is 1. The fraction of sp³-hybridized carbons (Fsp3) is 0.182. The molecule has 0 radical (unpaired) electrons. The summed E-state index contributed by atoms with van der Waals surface area (Å²) in [5.41, 5.74) is 5.78. The number of carbonyl (C=O) groups excluding carboxylic acids is 1. The summed E-state index contributed by atoms with van der Waals surface area (Å²) in [6.07, 6.45) is 1.59. The lowest BCUT2D eigenvalue weighted by Crippen LogP contribution is -2.24. The number of anilines is 1. The van der Waals surface area contributed by atoms with Crippen LogP contribution in [-0.2, 0) is 4.79 Å². The summed E-state index contributed by atoms with van der Waals surface area (Å²) in [6.45, 7) is 3.90. The third-order valence-corrected chi connectivity index (χ3v) is 2.81. The lowest BCUT2D eigenvalue weighted by Gasteiger charge is -2.04. The van der Waals surface area contributed by atoms with Crippen molar-refractivity contribution in [1.29, 1.82) is 0 Å². The van der Waals surface area contributed by atoms with E-state index in [1.54, 1.807) is 18.2 Å². The van der Waals surface area contributed by atoms with Gasteiger partial charge in [-0.15, -0.1) is 18.3 Å². The fourth-order valence-corrected chi connectivity index (χ4v) is 1.76. The summed E-state index contributed by atoms with van der Waals surface area (Å²) < 4.78 is 13.3. The van der Waals surface area contributed by atoms with Gasteiger partial charge in [-0.2, -0.15) is 0 Å². The summed E-state index contributed by atoms with van der Waals surface area (Å²) in [5, 5.41) is 2.61. The first-order valence-electron chi connectivity index (χ1n) is 4.69. The Hall–Kier alpha value is -1.49. The standard InChI is InChI=1S/C11H13FN2OS/c1-2-5-14-11(15)7-16-10-4-3-8(13)6-9(10)12/h2-4,6H,1,5,7,13H2,(H,14,15). The van der Waals surface area contributed by atoms with Crippen molar-refractivity contribution >= 4 is 23.4 Å². The molecule has 86 valence electrons. The molecule has 1 amide bonds. The van der Waals surface area contributed by atoms with Crippen molar-refractivity contribution in [2.24, 2.45) is 0 Å². The summed E-state index contributed by atoms with van der Waals surface area (Å²) in [7, 11) is 0. The SMILES string of the molecule is C=CCNC(=O)CSc1ccc(N)cc1F. The topological polar surface area (TPSA) is 55.1 Å². The highest BCUT2D eigenvalue weighted by molar-refractivity contribution is 8.00. The number of hydrogen-bond acceptors (Lipinski definition) is 3. The number of benzene rings is 1. The lowest BCUT2D eigenvalue weighted by molar-refractivity contribution is -0.118. The summed E-state index contributed by atoms with van der Waals surface area (Å²) in [4.78, 5) is 11.6. The number of hydrogen-bond donors (Lipinski definition) is 2. The van der Waals surface area contributed by atoms with Crippen LogP contribution in [0.4, 0.5) is 10.1 Å². The summed E-state index contributed by atoms with van der Waals surface area (Å²) in [5.74, 6) is -0.378. The maximum absolute atomic E-state index is 13.3. The van der Waals surface area contributed by atoms with E-state index in [-0.39, 0.29) is 11.7 Å². The number of rotatable bonds is 5. The zero-order valence-electron chi connectivity index (χ0n) is 8.70. The van der Waals surface area contributed by atoms with E-state index in [0.29, 0.717) is 17.1 Å². The normalized spacial score (nSPS) is 9.81. The van der Waals surface area contributed by atoms with Crippen LogP contribution in [0.2, 0.25) is 0 Å². The number of thioether (sulfide) groups is 1. The Labute approximate surface area is 97.9 Å². The van der Waals surface area contributed by atoms with E-state index in [1.165, 1.54) is 6.07 Å². The fourth-order valence-electron chi connectivity index (χ4n) is 1.01. The molecule has 1 rings (SSSR count). The Morgan fingerprint density at radius 1 is 1.62 bits per heavy atom. The van der Waals surface area contributed by atoms with Crippen molar-refractivity contribution in [3.8, 4) is 0 Å². The second-order valence-corrected chi connectivity index (χ2v) is 4.09. The molecule has 0 fully saturated rings. The first kappa shape index (κ1) is 12.6. The minimum atomic E-state index is -0.401. The maximum atomic E-state index is 13.3. The van der Waals surface area contributed by atoms with Crippen LogP contribution in [-0.4, -0.2) is 18.2 Å². The van der Waals surface area contributed by atoms with E-state index in [4.69, 9.17) is 5.73 Å². The van der Waals surface area contributed by atoms with Crippen LogP contribution in [0.15, 0.2) is 35.7 Å². The highest BCUT2D eigenvalue weighted by atomic mass is 32.2. The molecule has 5 heteroatoms. The molecule has 1 aromatic carbocycles. The van der Waals surface area contributed by atoms with Gasteiger partial charge >= 0.3 is 0 Å². The van der Waals surface area contributed by atoms with Gasteiger partial charge in [0.2, 0.25) is 5.91 Å². The van der Waals surface area contributed by atoms with E-state index in [2.05, 4.69) is 11.9 Å². The molecule has 0 unspecified atom stereocenters. The minimum absolute atomic E-state index is 0.152. The van der Waals surface area contributed by atoms with Gasteiger partial charge in [-0.25, -0.2) is 4.39 Å². The molecule has 0 aromatic heterocycles. The highest BCUT2D eigenvalue weighted by Crippen LogP contribution is 2.22. The summed E-state index contributed by atoms with van der Waals surface area (Å²) >= 11 is 1.14. The number of nitrogens with one attached hydrogen (secondary N) is 1. The second-order valence-electron chi connectivity index (χ2n) is 3.07. The van der Waals surface area contributed by atoms with Gasteiger partial charge in [0, 0.05) is 17.1 Å². The van der Waals surface area contributed by atoms with E-state index >= 15 is 0 Å². The minimum Gasteiger partial charge on any atom is -0.399 e. The number of nitrogen functional groups attached to an aromatic ring is 1. The van der Waals surface area contributed by atoms with Crippen molar-refractivity contribution in [1.82, 2.24) is 5.32 Å². The number of carbonyl (C=O) groups is 1. The molecule has 0 atom stereocenters. The zero-order chi connectivity index (χ0) is 12.0. The Kier molecular flexibility index (Phi) is 4.85. The van der Waals surface area contributed by atoms with Crippen LogP contribution < -0.4 is 11.1 Å². The van der Waals surface area contributed by atoms with Gasteiger partial charge in [0.1, 0.15) is 5.82 Å². The van der Waals surface area contributed by atoms with Gasteiger partial charge in [0.25, 0.3) is 0 Å². The third-order valence-electron chi connectivity index (χ3n) is 1.76. The van der Waals surface area contributed by atoms with Crippen molar-refractivity contribution in [2.75, 3.05) is 18.0 Å². The predicted molar refractivity (Wildman–Crippen MR) is 64.7 cm³/mol. The van der Waals surface area contributed by atoms with Crippen molar-refractivity contribution in [3.05, 3.63) is 36.7 Å². The Balaban J connectivity index is 2.48. The summed E-state index contributed by atoms with van der Waals surface area (Å²) in [6, 6.07) is 4.41. The molecule has 1 aromatic rings. The molecule has 16 heavy (non-hydrogen) atoms. The second kappa shape index (κ2) is 6.17. The molecule has 0 bridgehead atoms. The molecule has 0 aliphatic carbocycles. The first-order chi connectivity index (χ1) is 7.63. The third kappa shape index (κ3) is 3.94. The van der Waals surface area contributed by atoms with Gasteiger partial charge in [-0.05, 0) is 18.2 Å². The molecular weight excluding hydrogens is 227 g/mol. The van der Waals surface area contributed by atoms with Crippen LogP contribution >= 0.6 is 11.8 Å². The molecule has 3 nitrogen and oxygen atoms in total. The van der Waals surface area contributed by atoms with Crippen molar-refractivity contribution in [2.45, 2.75) is 4.90 Å². The molecule has 0 heterocycles. The van der Waals surface area contributed by atoms with E-state index in [0.717, 1.165) is 11.8 Å². The number of nitrogens with two attached hydrogens (primary N) is 1. The molecule has 0 spiro atoms. The van der Waals surface area contributed by atoms with Crippen molar-refractivity contribution < 1.29 is 9.18 Å². The van der Waals surface area contributed by atoms with Crippen LogP contribution in [0.3, 0.4) is 0 Å². The average Bonchev–Trinajstić information content (AvgIpc) is 2.25. The van der Waals surface area contributed by atoms with Crippen molar-refractivity contribution in [3.63, 3.8) is 0 Å². The lowest BCUT2D eigenvalue weighted by atomic mass is 10.3. The quantitative estimate of drug-likeness (QED) is 0.469. The van der Waals surface area contributed by atoms with Crippen LogP contribution in [0.25, 0.3) is 0 Å². The van der Waals surface area contributed by atoms with E-state index in [9.17, 15) is 9.18 Å². The van der Waals surface area contributed by atoms with Gasteiger partial charge in [-0.3, -0.25) is 4.79 Å². The predicted octanol–water partition coefficient (Wildman–Crippen LogP) is 1.80. The zero-order valence-corrected chi connectivity index (χ0v) is 9.52. The van der Waals surface area contributed by atoms with Crippen LogP contribution in [0, 0.1) is 5.82 Å². The highest BCUT2D eigenvalue weighted by Gasteiger charge is 2.06. The molecule has 0 saturated heterocycles. The Bertz CT molecular complexity index is 396. The van der Waals surface area contributed by atoms with Gasteiger partial charge < -0.3 is 11.1 Å². The van der Waals surface area contributed by atoms with E-state index in [1.807, 2.05) is 0 Å². The maximum Gasteiger partial charge on any atom is 0.230 e.